The number of halogens is 3. The summed E-state index contributed by atoms with van der Waals surface area (Å²) in [6.45, 7) is 4.17. The number of carbonyl (C=O) groups is 1. The maximum Gasteiger partial charge on any atom is 0.416 e. The van der Waals surface area contributed by atoms with Crippen molar-refractivity contribution in [3.05, 3.63) is 29.3 Å². The van der Waals surface area contributed by atoms with Gasteiger partial charge in [-0.1, -0.05) is 0 Å². The van der Waals surface area contributed by atoms with Gasteiger partial charge in [-0.3, -0.25) is 0 Å². The zero-order valence-corrected chi connectivity index (χ0v) is 11.0. The molecule has 0 aliphatic carbocycles. The van der Waals surface area contributed by atoms with Crippen molar-refractivity contribution in [1.29, 1.82) is 0 Å². The third-order valence-corrected chi connectivity index (χ3v) is 3.20. The summed E-state index contributed by atoms with van der Waals surface area (Å²) < 4.78 is 37.7. The fourth-order valence-electron chi connectivity index (χ4n) is 2.04. The number of piperazine rings is 1. The van der Waals surface area contributed by atoms with Crippen LogP contribution in [0.5, 0.6) is 0 Å². The van der Waals surface area contributed by atoms with Crippen molar-refractivity contribution in [3.63, 3.8) is 0 Å². The molecular formula is C13H16F3N3O. The first-order valence-corrected chi connectivity index (χ1v) is 6.32. The molecule has 0 atom stereocenters. The molecule has 110 valence electrons. The normalized spacial score (nSPS) is 16.1. The molecule has 20 heavy (non-hydrogen) atoms. The third-order valence-electron chi connectivity index (χ3n) is 3.20. The van der Waals surface area contributed by atoms with E-state index in [0.29, 0.717) is 24.3 Å². The number of benzene rings is 1. The number of nitrogens with zero attached hydrogens (tertiary/aromatic N) is 1. The molecule has 0 aromatic heterocycles. The highest BCUT2D eigenvalue weighted by Crippen LogP contribution is 2.31. The average molecular weight is 287 g/mol. The molecule has 7 heteroatoms. The number of urea groups is 1. The predicted octanol–water partition coefficient (Wildman–Crippen LogP) is 2.45. The summed E-state index contributed by atoms with van der Waals surface area (Å²) in [6.07, 6.45) is -4.37. The first-order chi connectivity index (χ1) is 9.38. The number of nitrogens with one attached hydrogen (secondary N) is 2. The number of amides is 2. The molecule has 2 rings (SSSR count). The van der Waals surface area contributed by atoms with Crippen LogP contribution in [0, 0.1) is 6.92 Å². The van der Waals surface area contributed by atoms with E-state index in [9.17, 15) is 18.0 Å². The Kier molecular flexibility index (Phi) is 4.17. The van der Waals surface area contributed by atoms with Gasteiger partial charge in [0.25, 0.3) is 0 Å². The van der Waals surface area contributed by atoms with Crippen LogP contribution >= 0.6 is 0 Å². The van der Waals surface area contributed by atoms with E-state index in [0.717, 1.165) is 25.2 Å². The van der Waals surface area contributed by atoms with Gasteiger partial charge in [-0.2, -0.15) is 13.2 Å². The summed E-state index contributed by atoms with van der Waals surface area (Å²) in [5, 5.41) is 5.77. The smallest absolute Gasteiger partial charge is 0.322 e. The predicted molar refractivity (Wildman–Crippen MR) is 69.6 cm³/mol. The number of aryl methyl sites for hydroxylation is 1. The quantitative estimate of drug-likeness (QED) is 0.833. The highest BCUT2D eigenvalue weighted by molar-refractivity contribution is 5.90. The molecule has 0 unspecified atom stereocenters. The Morgan fingerprint density at radius 1 is 1.30 bits per heavy atom. The van der Waals surface area contributed by atoms with E-state index in [4.69, 9.17) is 0 Å². The van der Waals surface area contributed by atoms with Crippen molar-refractivity contribution in [2.75, 3.05) is 31.5 Å². The van der Waals surface area contributed by atoms with Crippen LogP contribution < -0.4 is 10.6 Å². The Morgan fingerprint density at radius 2 is 1.95 bits per heavy atom. The monoisotopic (exact) mass is 287 g/mol. The standard InChI is InChI=1S/C13H16F3N3O/c1-9-8-10(13(14,15)16)2-3-11(9)18-12(20)19-6-4-17-5-7-19/h2-3,8,17H,4-7H2,1H3,(H,18,20). The maximum atomic E-state index is 12.6. The molecule has 4 nitrogen and oxygen atoms in total. The number of anilines is 1. The Balaban J connectivity index is 2.08. The zero-order chi connectivity index (χ0) is 14.8. The van der Waals surface area contributed by atoms with Gasteiger partial charge in [-0.05, 0) is 30.7 Å². The zero-order valence-electron chi connectivity index (χ0n) is 11.0. The van der Waals surface area contributed by atoms with Crippen LogP contribution in [-0.4, -0.2) is 37.1 Å². The SMILES string of the molecule is Cc1cc(C(F)(F)F)ccc1NC(=O)N1CCNCC1. The number of alkyl halides is 3. The second-order valence-corrected chi connectivity index (χ2v) is 4.69. The van der Waals surface area contributed by atoms with Crippen LogP contribution in [0.1, 0.15) is 11.1 Å². The molecule has 0 bridgehead atoms. The number of hydrogen-bond donors (Lipinski definition) is 2. The fourth-order valence-corrected chi connectivity index (χ4v) is 2.04. The Bertz CT molecular complexity index is 496. The number of carbonyl (C=O) groups excluding carboxylic acids is 1. The molecule has 0 spiro atoms. The molecule has 2 N–H and O–H groups in total. The lowest BCUT2D eigenvalue weighted by Crippen LogP contribution is -2.48. The summed E-state index contributed by atoms with van der Waals surface area (Å²) >= 11 is 0. The molecular weight excluding hydrogens is 271 g/mol. The molecule has 1 saturated heterocycles. The van der Waals surface area contributed by atoms with Crippen molar-refractivity contribution in [2.24, 2.45) is 0 Å². The average Bonchev–Trinajstić information content (AvgIpc) is 2.41. The van der Waals surface area contributed by atoms with Gasteiger partial charge in [0, 0.05) is 31.9 Å². The van der Waals surface area contributed by atoms with E-state index in [2.05, 4.69) is 10.6 Å². The Morgan fingerprint density at radius 3 is 2.50 bits per heavy atom. The van der Waals surface area contributed by atoms with Gasteiger partial charge in [0.05, 0.1) is 5.56 Å². The van der Waals surface area contributed by atoms with Crippen molar-refractivity contribution in [1.82, 2.24) is 10.2 Å². The van der Waals surface area contributed by atoms with Crippen molar-refractivity contribution in [2.45, 2.75) is 13.1 Å². The van der Waals surface area contributed by atoms with E-state index in [1.807, 2.05) is 0 Å². The van der Waals surface area contributed by atoms with Crippen LogP contribution in [0.15, 0.2) is 18.2 Å². The van der Waals surface area contributed by atoms with Gasteiger partial charge < -0.3 is 15.5 Å². The molecule has 0 saturated carbocycles. The molecule has 2 amide bonds. The van der Waals surface area contributed by atoms with Gasteiger partial charge in [0.15, 0.2) is 0 Å². The van der Waals surface area contributed by atoms with E-state index in [1.54, 1.807) is 11.8 Å². The summed E-state index contributed by atoms with van der Waals surface area (Å²) in [5.74, 6) is 0. The summed E-state index contributed by atoms with van der Waals surface area (Å²) in [6, 6.07) is 3.01. The van der Waals surface area contributed by atoms with Gasteiger partial charge in [-0.25, -0.2) is 4.79 Å². The Hall–Kier alpha value is -1.76. The van der Waals surface area contributed by atoms with Gasteiger partial charge >= 0.3 is 12.2 Å². The first kappa shape index (κ1) is 14.6. The molecule has 1 aliphatic heterocycles. The van der Waals surface area contributed by atoms with Crippen LogP contribution in [0.2, 0.25) is 0 Å². The maximum absolute atomic E-state index is 12.6. The lowest BCUT2D eigenvalue weighted by Gasteiger charge is -2.27. The minimum atomic E-state index is -4.37. The van der Waals surface area contributed by atoms with Crippen molar-refractivity contribution < 1.29 is 18.0 Å². The lowest BCUT2D eigenvalue weighted by molar-refractivity contribution is -0.137. The minimum Gasteiger partial charge on any atom is -0.322 e. The Labute approximate surface area is 114 Å². The number of rotatable bonds is 1. The van der Waals surface area contributed by atoms with Crippen LogP contribution in [0.4, 0.5) is 23.7 Å². The largest absolute Gasteiger partial charge is 0.416 e. The van der Waals surface area contributed by atoms with Gasteiger partial charge in [0.1, 0.15) is 0 Å². The summed E-state index contributed by atoms with van der Waals surface area (Å²) in [5.41, 5.74) is 0.0833. The van der Waals surface area contributed by atoms with E-state index < -0.39 is 11.7 Å². The molecule has 1 aliphatic rings. The summed E-state index contributed by atoms with van der Waals surface area (Å²) in [7, 11) is 0. The van der Waals surface area contributed by atoms with Crippen molar-refractivity contribution >= 4 is 11.7 Å². The first-order valence-electron chi connectivity index (χ1n) is 6.32. The van der Waals surface area contributed by atoms with Gasteiger partial charge in [-0.15, -0.1) is 0 Å². The highest BCUT2D eigenvalue weighted by atomic mass is 19.4. The minimum absolute atomic E-state index is 0.283. The number of hydrogen-bond acceptors (Lipinski definition) is 2. The van der Waals surface area contributed by atoms with E-state index >= 15 is 0 Å². The van der Waals surface area contributed by atoms with E-state index in [-0.39, 0.29) is 6.03 Å². The van der Waals surface area contributed by atoms with Crippen LogP contribution in [0.3, 0.4) is 0 Å². The fraction of sp³-hybridized carbons (Fsp3) is 0.462. The third kappa shape index (κ3) is 3.41. The van der Waals surface area contributed by atoms with Crippen LogP contribution in [0.25, 0.3) is 0 Å². The molecule has 1 heterocycles. The molecule has 1 aromatic rings. The molecule has 0 radical (unpaired) electrons. The van der Waals surface area contributed by atoms with E-state index in [1.165, 1.54) is 6.07 Å². The van der Waals surface area contributed by atoms with Crippen molar-refractivity contribution in [3.8, 4) is 0 Å². The summed E-state index contributed by atoms with van der Waals surface area (Å²) in [4.78, 5) is 13.6. The lowest BCUT2D eigenvalue weighted by atomic mass is 10.1. The van der Waals surface area contributed by atoms with Gasteiger partial charge in [0.2, 0.25) is 0 Å². The highest BCUT2D eigenvalue weighted by Gasteiger charge is 2.30. The topological polar surface area (TPSA) is 44.4 Å². The second kappa shape index (κ2) is 5.70. The van der Waals surface area contributed by atoms with Crippen LogP contribution in [-0.2, 0) is 6.18 Å². The molecule has 1 fully saturated rings. The molecule has 1 aromatic carbocycles. The second-order valence-electron chi connectivity index (χ2n) is 4.69.